The molecule has 0 saturated carbocycles. The van der Waals surface area contributed by atoms with Crippen LogP contribution in [0.1, 0.15) is 39.9 Å². The maximum atomic E-state index is 13.6. The summed E-state index contributed by atoms with van der Waals surface area (Å²) >= 11 is 5.77. The van der Waals surface area contributed by atoms with Crippen molar-refractivity contribution in [2.75, 3.05) is 7.11 Å². The van der Waals surface area contributed by atoms with E-state index in [1.165, 1.54) is 19.2 Å². The van der Waals surface area contributed by atoms with Crippen LogP contribution >= 0.6 is 38.5 Å². The molecule has 1 atom stereocenters. The van der Waals surface area contributed by atoms with Crippen LogP contribution in [-0.2, 0) is 16.1 Å². The van der Waals surface area contributed by atoms with Crippen molar-refractivity contribution in [3.8, 4) is 5.75 Å². The monoisotopic (exact) mass is 659 g/mol. The number of hydrogen-bond acceptors (Lipinski definition) is 5. The fourth-order valence-electron chi connectivity index (χ4n) is 4.71. The van der Waals surface area contributed by atoms with Gasteiger partial charge in [0.1, 0.15) is 18.2 Å². The smallest absolute Gasteiger partial charge is 0.336 e. The summed E-state index contributed by atoms with van der Waals surface area (Å²) in [5.41, 5.74) is 5.11. The van der Waals surface area contributed by atoms with Crippen molar-refractivity contribution in [3.05, 3.63) is 114 Å². The Bertz CT molecular complexity index is 1470. The van der Waals surface area contributed by atoms with Crippen LogP contribution in [0.2, 0.25) is 0 Å². The van der Waals surface area contributed by atoms with E-state index < -0.39 is 11.9 Å². The summed E-state index contributed by atoms with van der Waals surface area (Å²) in [6, 6.07) is 17.4. The lowest BCUT2D eigenvalue weighted by Gasteiger charge is -2.29. The van der Waals surface area contributed by atoms with Gasteiger partial charge in [0.25, 0.3) is 0 Å². The van der Waals surface area contributed by atoms with Crippen molar-refractivity contribution >= 4 is 56.0 Å². The van der Waals surface area contributed by atoms with E-state index in [4.69, 9.17) is 9.47 Å². The van der Waals surface area contributed by atoms with Gasteiger partial charge in [0.15, 0.2) is 5.78 Å². The first-order chi connectivity index (χ1) is 17.3. The number of dihydropyridines is 1. The molecule has 182 valence electrons. The maximum absolute atomic E-state index is 13.6. The third-order valence-electron chi connectivity index (χ3n) is 6.28. The SMILES string of the molecule is COC(=O)C1=C(C)NC2=C(C(=O)c3ccccc32)[C@H]1c1cc(Br)c(OCc2cccc(F)c2)c(I)c1. The van der Waals surface area contributed by atoms with Gasteiger partial charge >= 0.3 is 5.97 Å². The third kappa shape index (κ3) is 4.26. The molecule has 0 fully saturated rings. The molecule has 0 spiro atoms. The Morgan fingerprint density at radius 1 is 1.11 bits per heavy atom. The van der Waals surface area contributed by atoms with Crippen molar-refractivity contribution in [2.24, 2.45) is 0 Å². The maximum Gasteiger partial charge on any atom is 0.336 e. The first kappa shape index (κ1) is 24.7. The fourth-order valence-corrected chi connectivity index (χ4v) is 6.48. The number of benzene rings is 3. The van der Waals surface area contributed by atoms with Crippen molar-refractivity contribution in [1.29, 1.82) is 0 Å². The lowest BCUT2D eigenvalue weighted by molar-refractivity contribution is -0.136. The molecular weight excluding hydrogens is 640 g/mol. The Hall–Kier alpha value is -2.98. The Kier molecular flexibility index (Phi) is 6.74. The van der Waals surface area contributed by atoms with Crippen LogP contribution in [-0.4, -0.2) is 18.9 Å². The lowest BCUT2D eigenvalue weighted by Crippen LogP contribution is -2.29. The van der Waals surface area contributed by atoms with Gasteiger partial charge < -0.3 is 14.8 Å². The molecule has 0 aromatic heterocycles. The molecule has 2 aliphatic rings. The largest absolute Gasteiger partial charge is 0.487 e. The number of nitrogens with one attached hydrogen (secondary N) is 1. The fraction of sp³-hybridized carbons (Fsp3) is 0.143. The molecule has 5 nitrogen and oxygen atoms in total. The van der Waals surface area contributed by atoms with E-state index in [0.717, 1.165) is 14.7 Å². The highest BCUT2D eigenvalue weighted by Crippen LogP contribution is 2.48. The van der Waals surface area contributed by atoms with Crippen molar-refractivity contribution in [3.63, 3.8) is 0 Å². The second kappa shape index (κ2) is 9.82. The van der Waals surface area contributed by atoms with Gasteiger partial charge in [-0.05, 0) is 80.8 Å². The number of methoxy groups -OCH3 is 1. The van der Waals surface area contributed by atoms with Crippen LogP contribution in [0, 0.1) is 9.39 Å². The number of Topliss-reactive ketones (excluding diaryl/α,β-unsaturated/α-hetero) is 1. The van der Waals surface area contributed by atoms with E-state index in [0.29, 0.717) is 43.9 Å². The molecule has 0 amide bonds. The van der Waals surface area contributed by atoms with E-state index in [-0.39, 0.29) is 18.2 Å². The highest BCUT2D eigenvalue weighted by Gasteiger charge is 2.43. The Morgan fingerprint density at radius 2 is 1.86 bits per heavy atom. The minimum Gasteiger partial charge on any atom is -0.487 e. The normalized spacial score (nSPS) is 16.5. The zero-order valence-electron chi connectivity index (χ0n) is 19.3. The van der Waals surface area contributed by atoms with Gasteiger partial charge in [-0.1, -0.05) is 36.4 Å². The number of hydrogen-bond donors (Lipinski definition) is 1. The topological polar surface area (TPSA) is 64.6 Å². The number of carbonyl (C=O) groups excluding carboxylic acids is 2. The third-order valence-corrected chi connectivity index (χ3v) is 7.67. The molecule has 3 aromatic rings. The van der Waals surface area contributed by atoms with E-state index in [9.17, 15) is 14.0 Å². The van der Waals surface area contributed by atoms with Gasteiger partial charge in [0, 0.05) is 28.3 Å². The molecule has 0 bridgehead atoms. The number of esters is 1. The highest BCUT2D eigenvalue weighted by atomic mass is 127. The first-order valence-electron chi connectivity index (χ1n) is 11.1. The summed E-state index contributed by atoms with van der Waals surface area (Å²) in [7, 11) is 1.33. The van der Waals surface area contributed by atoms with Gasteiger partial charge in [0.05, 0.1) is 26.4 Å². The number of ketones is 1. The summed E-state index contributed by atoms with van der Waals surface area (Å²) in [4.78, 5) is 26.5. The van der Waals surface area contributed by atoms with E-state index >= 15 is 0 Å². The van der Waals surface area contributed by atoms with E-state index in [1.807, 2.05) is 37.3 Å². The zero-order chi connectivity index (χ0) is 25.6. The van der Waals surface area contributed by atoms with E-state index in [2.05, 4.69) is 43.8 Å². The molecule has 1 aliphatic carbocycles. The van der Waals surface area contributed by atoms with Gasteiger partial charge in [-0.3, -0.25) is 4.79 Å². The van der Waals surface area contributed by atoms with Gasteiger partial charge in [-0.25, -0.2) is 9.18 Å². The highest BCUT2D eigenvalue weighted by molar-refractivity contribution is 14.1. The molecule has 8 heteroatoms. The standard InChI is InChI=1S/C28H20BrFINO4/c1-14-22(28(34)35-2)23(24-25(32-14)18-8-3-4-9-19(18)26(24)33)16-11-20(29)27(21(31)12-16)36-13-15-6-5-7-17(30)10-15/h3-12,23,32H,13H2,1-2H3/t23-/m0/s1. The van der Waals surface area contributed by atoms with Crippen molar-refractivity contribution in [1.82, 2.24) is 5.32 Å². The average molecular weight is 660 g/mol. The minimum absolute atomic E-state index is 0.121. The molecule has 5 rings (SSSR count). The number of fused-ring (bicyclic) bond motifs is 2. The number of rotatable bonds is 5. The molecule has 1 aliphatic heterocycles. The number of ether oxygens (including phenoxy) is 2. The number of allylic oxidation sites excluding steroid dienone is 2. The second-order valence-corrected chi connectivity index (χ2v) is 10.5. The van der Waals surface area contributed by atoms with Crippen LogP contribution in [0.15, 0.2) is 82.0 Å². The van der Waals surface area contributed by atoms with Crippen molar-refractivity contribution < 1.29 is 23.5 Å². The summed E-state index contributed by atoms with van der Waals surface area (Å²) in [5.74, 6) is -0.985. The van der Waals surface area contributed by atoms with Crippen LogP contribution in [0.5, 0.6) is 5.75 Å². The summed E-state index contributed by atoms with van der Waals surface area (Å²) in [5, 5.41) is 3.28. The number of halogens is 3. The minimum atomic E-state index is -0.629. The van der Waals surface area contributed by atoms with Gasteiger partial charge in [-0.2, -0.15) is 0 Å². The molecule has 0 radical (unpaired) electrons. The predicted molar refractivity (Wildman–Crippen MR) is 146 cm³/mol. The Balaban J connectivity index is 1.58. The molecule has 3 aromatic carbocycles. The molecular formula is C28H20BrFINO4. The van der Waals surface area contributed by atoms with Gasteiger partial charge in [-0.15, -0.1) is 0 Å². The molecule has 36 heavy (non-hydrogen) atoms. The molecule has 1 N–H and O–H groups in total. The summed E-state index contributed by atoms with van der Waals surface area (Å²) in [6.07, 6.45) is 0. The van der Waals surface area contributed by atoms with Crippen LogP contribution in [0.3, 0.4) is 0 Å². The first-order valence-corrected chi connectivity index (χ1v) is 13.0. The molecule has 0 unspecified atom stereocenters. The zero-order valence-corrected chi connectivity index (χ0v) is 23.1. The van der Waals surface area contributed by atoms with Crippen LogP contribution in [0.25, 0.3) is 5.70 Å². The molecule has 1 heterocycles. The molecule has 0 saturated heterocycles. The predicted octanol–water partition coefficient (Wildman–Crippen LogP) is 6.51. The Labute approximate surface area is 229 Å². The van der Waals surface area contributed by atoms with E-state index in [1.54, 1.807) is 18.2 Å². The lowest BCUT2D eigenvalue weighted by atomic mass is 9.80. The number of carbonyl (C=O) groups is 2. The Morgan fingerprint density at radius 3 is 2.56 bits per heavy atom. The second-order valence-electron chi connectivity index (χ2n) is 8.48. The average Bonchev–Trinajstić information content (AvgIpc) is 3.13. The van der Waals surface area contributed by atoms with Crippen LogP contribution in [0.4, 0.5) is 4.39 Å². The quantitative estimate of drug-likeness (QED) is 0.250. The van der Waals surface area contributed by atoms with Crippen LogP contribution < -0.4 is 10.1 Å². The van der Waals surface area contributed by atoms with Crippen molar-refractivity contribution in [2.45, 2.75) is 19.4 Å². The summed E-state index contributed by atoms with van der Waals surface area (Å²) < 4.78 is 26.1. The summed E-state index contributed by atoms with van der Waals surface area (Å²) in [6.45, 7) is 2.00. The van der Waals surface area contributed by atoms with Gasteiger partial charge in [0.2, 0.25) is 0 Å².